The highest BCUT2D eigenvalue weighted by Crippen LogP contribution is 2.37. The van der Waals surface area contributed by atoms with Gasteiger partial charge in [0.1, 0.15) is 12.0 Å². The molecule has 2 heterocycles. The van der Waals surface area contributed by atoms with E-state index < -0.39 is 11.7 Å². The zero-order valence-electron chi connectivity index (χ0n) is 15.8. The van der Waals surface area contributed by atoms with Gasteiger partial charge in [0.15, 0.2) is 11.6 Å². The molecular weight excluding hydrogens is 393 g/mol. The summed E-state index contributed by atoms with van der Waals surface area (Å²) in [4.78, 5) is 12.6. The van der Waals surface area contributed by atoms with Crippen molar-refractivity contribution in [1.29, 1.82) is 0 Å². The normalized spacial score (nSPS) is 11.5. The molecule has 0 unspecified atom stereocenters. The van der Waals surface area contributed by atoms with E-state index in [9.17, 15) is 13.2 Å². The zero-order chi connectivity index (χ0) is 21.3. The number of aryl methyl sites for hydroxylation is 1. The van der Waals surface area contributed by atoms with Gasteiger partial charge in [-0.3, -0.25) is 4.98 Å². The number of rotatable bonds is 4. The predicted octanol–water partition coefficient (Wildman–Crippen LogP) is 5.42. The fraction of sp³-hybridized carbons (Fsp3) is 0.0952. The van der Waals surface area contributed by atoms with Gasteiger partial charge in [-0.05, 0) is 43.3 Å². The lowest BCUT2D eigenvalue weighted by Gasteiger charge is -2.16. The first-order valence-corrected chi connectivity index (χ1v) is 9.00. The highest BCUT2D eigenvalue weighted by atomic mass is 19.4. The van der Waals surface area contributed by atoms with Gasteiger partial charge < -0.3 is 16.4 Å². The molecule has 2 aromatic heterocycles. The standard InChI is InChI=1S/C21H17F3N6/c1-12-9-10-13-15(28-12)7-4-8-16(13)29-19-18(25)20(27-11-26-19)30-17-6-3-2-5-14(17)21(22,23)24/h2-11H,25H2,1H3,(H2,26,27,29,30). The number of alkyl halides is 3. The molecule has 0 atom stereocenters. The largest absolute Gasteiger partial charge is 0.418 e. The smallest absolute Gasteiger partial charge is 0.393 e. The van der Waals surface area contributed by atoms with Gasteiger partial charge in [0.2, 0.25) is 0 Å². The number of fused-ring (bicyclic) bond motifs is 1. The molecule has 0 aliphatic heterocycles. The van der Waals surface area contributed by atoms with Crippen LogP contribution in [0.25, 0.3) is 10.9 Å². The van der Waals surface area contributed by atoms with E-state index in [2.05, 4.69) is 25.6 Å². The molecule has 0 radical (unpaired) electrons. The Kier molecular flexibility index (Phi) is 4.86. The van der Waals surface area contributed by atoms with Gasteiger partial charge in [-0.15, -0.1) is 0 Å². The second-order valence-corrected chi connectivity index (χ2v) is 6.60. The Morgan fingerprint density at radius 1 is 0.833 bits per heavy atom. The minimum absolute atomic E-state index is 0.0680. The molecular formula is C21H17F3N6. The SMILES string of the molecule is Cc1ccc2c(Nc3ncnc(Nc4ccccc4C(F)(F)F)c3N)cccc2n1. The van der Waals surface area contributed by atoms with Gasteiger partial charge >= 0.3 is 6.18 Å². The lowest BCUT2D eigenvalue weighted by Crippen LogP contribution is -2.10. The third kappa shape index (κ3) is 3.82. The van der Waals surface area contributed by atoms with Crippen LogP contribution in [0, 0.1) is 6.92 Å². The molecule has 2 aromatic carbocycles. The minimum atomic E-state index is -4.51. The third-order valence-electron chi connectivity index (χ3n) is 4.49. The first-order chi connectivity index (χ1) is 14.3. The van der Waals surface area contributed by atoms with Crippen LogP contribution in [0.3, 0.4) is 0 Å². The highest BCUT2D eigenvalue weighted by molar-refractivity contribution is 5.94. The Bertz CT molecular complexity index is 1220. The van der Waals surface area contributed by atoms with Crippen LogP contribution < -0.4 is 16.4 Å². The molecule has 0 spiro atoms. The monoisotopic (exact) mass is 410 g/mol. The van der Waals surface area contributed by atoms with Crippen molar-refractivity contribution in [1.82, 2.24) is 15.0 Å². The van der Waals surface area contributed by atoms with Crippen LogP contribution in [0.5, 0.6) is 0 Å². The van der Waals surface area contributed by atoms with E-state index in [0.29, 0.717) is 5.69 Å². The molecule has 0 aliphatic carbocycles. The maximum absolute atomic E-state index is 13.3. The Morgan fingerprint density at radius 3 is 2.23 bits per heavy atom. The third-order valence-corrected chi connectivity index (χ3v) is 4.49. The summed E-state index contributed by atoms with van der Waals surface area (Å²) in [5.74, 6) is 0.337. The lowest BCUT2D eigenvalue weighted by atomic mass is 10.1. The number of halogens is 3. The Hall–Kier alpha value is -3.88. The predicted molar refractivity (Wildman–Crippen MR) is 111 cm³/mol. The molecule has 0 fully saturated rings. The van der Waals surface area contributed by atoms with Gasteiger partial charge in [0.25, 0.3) is 0 Å². The molecule has 4 N–H and O–H groups in total. The van der Waals surface area contributed by atoms with E-state index in [-0.39, 0.29) is 23.0 Å². The molecule has 152 valence electrons. The summed E-state index contributed by atoms with van der Waals surface area (Å²) in [5, 5.41) is 6.66. The van der Waals surface area contributed by atoms with Crippen molar-refractivity contribution in [2.75, 3.05) is 16.4 Å². The average Bonchev–Trinajstić information content (AvgIpc) is 2.70. The average molecular weight is 410 g/mol. The fourth-order valence-corrected chi connectivity index (χ4v) is 3.06. The summed E-state index contributed by atoms with van der Waals surface area (Å²) in [7, 11) is 0. The number of pyridine rings is 1. The molecule has 4 rings (SSSR count). The molecule has 0 saturated carbocycles. The van der Waals surface area contributed by atoms with Crippen LogP contribution in [-0.2, 0) is 6.18 Å². The molecule has 9 heteroatoms. The Balaban J connectivity index is 1.69. The van der Waals surface area contributed by atoms with Crippen LogP contribution >= 0.6 is 0 Å². The summed E-state index contributed by atoms with van der Waals surface area (Å²) >= 11 is 0. The number of nitrogens with one attached hydrogen (secondary N) is 2. The maximum atomic E-state index is 13.3. The van der Waals surface area contributed by atoms with Gasteiger partial charge in [-0.2, -0.15) is 13.2 Å². The maximum Gasteiger partial charge on any atom is 0.418 e. The number of nitrogens with two attached hydrogens (primary N) is 1. The van der Waals surface area contributed by atoms with Crippen molar-refractivity contribution < 1.29 is 13.2 Å². The Morgan fingerprint density at radius 2 is 1.50 bits per heavy atom. The number of nitrogen functional groups attached to an aromatic ring is 1. The Labute approximate surface area is 170 Å². The van der Waals surface area contributed by atoms with Crippen molar-refractivity contribution in [3.63, 3.8) is 0 Å². The quantitative estimate of drug-likeness (QED) is 0.416. The van der Waals surface area contributed by atoms with Crippen LogP contribution in [0.1, 0.15) is 11.3 Å². The summed E-state index contributed by atoms with van der Waals surface area (Å²) in [5.41, 5.74) is 7.69. The number of benzene rings is 2. The summed E-state index contributed by atoms with van der Waals surface area (Å²) in [6.45, 7) is 1.90. The van der Waals surface area contributed by atoms with Crippen LogP contribution in [0.15, 0.2) is 60.9 Å². The van der Waals surface area contributed by atoms with E-state index in [1.54, 1.807) is 0 Å². The van der Waals surface area contributed by atoms with E-state index >= 15 is 0 Å². The summed E-state index contributed by atoms with van der Waals surface area (Å²) in [6.07, 6.45) is -3.29. The van der Waals surface area contributed by atoms with Crippen molar-refractivity contribution in [2.45, 2.75) is 13.1 Å². The minimum Gasteiger partial charge on any atom is -0.393 e. The topological polar surface area (TPSA) is 88.8 Å². The molecule has 0 amide bonds. The molecule has 0 bridgehead atoms. The first kappa shape index (κ1) is 19.4. The van der Waals surface area contributed by atoms with Gasteiger partial charge in [-0.1, -0.05) is 18.2 Å². The van der Waals surface area contributed by atoms with E-state index in [1.165, 1.54) is 24.5 Å². The first-order valence-electron chi connectivity index (χ1n) is 9.00. The molecule has 6 nitrogen and oxygen atoms in total. The number of hydrogen-bond donors (Lipinski definition) is 3. The van der Waals surface area contributed by atoms with Crippen LogP contribution in [0.2, 0.25) is 0 Å². The number of para-hydroxylation sites is 1. The van der Waals surface area contributed by atoms with Crippen LogP contribution in [-0.4, -0.2) is 15.0 Å². The second kappa shape index (κ2) is 7.51. The van der Waals surface area contributed by atoms with Crippen LogP contribution in [0.4, 0.5) is 41.9 Å². The van der Waals surface area contributed by atoms with E-state index in [4.69, 9.17) is 5.73 Å². The molecule has 30 heavy (non-hydrogen) atoms. The fourth-order valence-electron chi connectivity index (χ4n) is 3.06. The van der Waals surface area contributed by atoms with Crippen molar-refractivity contribution in [3.8, 4) is 0 Å². The lowest BCUT2D eigenvalue weighted by molar-refractivity contribution is -0.136. The summed E-state index contributed by atoms with van der Waals surface area (Å²) < 4.78 is 39.8. The number of aromatic nitrogens is 3. The van der Waals surface area contributed by atoms with Gasteiger partial charge in [0, 0.05) is 16.8 Å². The summed E-state index contributed by atoms with van der Waals surface area (Å²) in [6, 6.07) is 14.5. The number of anilines is 5. The number of hydrogen-bond acceptors (Lipinski definition) is 6. The molecule has 4 aromatic rings. The van der Waals surface area contributed by atoms with Gasteiger partial charge in [-0.25, -0.2) is 9.97 Å². The highest BCUT2D eigenvalue weighted by Gasteiger charge is 2.33. The van der Waals surface area contributed by atoms with Crippen molar-refractivity contribution in [2.24, 2.45) is 0 Å². The number of nitrogens with zero attached hydrogens (tertiary/aromatic N) is 3. The zero-order valence-corrected chi connectivity index (χ0v) is 15.8. The van der Waals surface area contributed by atoms with Crippen molar-refractivity contribution in [3.05, 3.63) is 72.2 Å². The molecule has 0 saturated heterocycles. The van der Waals surface area contributed by atoms with Gasteiger partial charge in [0.05, 0.1) is 16.8 Å². The second-order valence-electron chi connectivity index (χ2n) is 6.60. The van der Waals surface area contributed by atoms with Crippen molar-refractivity contribution >= 4 is 39.6 Å². The van der Waals surface area contributed by atoms with E-state index in [1.807, 2.05) is 37.3 Å². The molecule has 0 aliphatic rings. The van der Waals surface area contributed by atoms with E-state index in [0.717, 1.165) is 22.7 Å².